The summed E-state index contributed by atoms with van der Waals surface area (Å²) in [7, 11) is 0. The minimum Gasteiger partial charge on any atom is -0.478 e. The maximum absolute atomic E-state index is 5.40. The molecule has 1 unspecified atom stereocenters. The van der Waals surface area contributed by atoms with E-state index in [1.807, 2.05) is 0 Å². The summed E-state index contributed by atoms with van der Waals surface area (Å²) >= 11 is 0. The zero-order valence-electron chi connectivity index (χ0n) is 6.62. The van der Waals surface area contributed by atoms with Gasteiger partial charge in [-0.2, -0.15) is 0 Å². The topological polar surface area (TPSA) is 47.6 Å². The van der Waals surface area contributed by atoms with Gasteiger partial charge in [0.25, 0.3) is 0 Å². The van der Waals surface area contributed by atoms with Gasteiger partial charge in [0.1, 0.15) is 6.61 Å². The molecule has 0 aromatic rings. The molecular weight excluding hydrogens is 140 g/mol. The van der Waals surface area contributed by atoms with Gasteiger partial charge in [0.15, 0.2) is 5.90 Å². The Balaban J connectivity index is 1.91. The summed E-state index contributed by atoms with van der Waals surface area (Å²) in [5.41, 5.74) is 5.40. The van der Waals surface area contributed by atoms with E-state index < -0.39 is 0 Å². The molecule has 2 aliphatic rings. The van der Waals surface area contributed by atoms with E-state index in [0.29, 0.717) is 12.6 Å². The Morgan fingerprint density at radius 1 is 1.55 bits per heavy atom. The standard InChI is InChI=1S/C8H14N2O/c9-4-8-10-7(5-11-8)6-2-1-3-6/h6-7H,1-5,9H2. The largest absolute Gasteiger partial charge is 0.478 e. The van der Waals surface area contributed by atoms with Crippen LogP contribution in [0.25, 0.3) is 0 Å². The number of hydrogen-bond acceptors (Lipinski definition) is 3. The third kappa shape index (κ3) is 1.25. The molecule has 1 heterocycles. The van der Waals surface area contributed by atoms with Crippen LogP contribution in [-0.4, -0.2) is 25.1 Å². The van der Waals surface area contributed by atoms with E-state index in [1.165, 1.54) is 19.3 Å². The molecule has 62 valence electrons. The van der Waals surface area contributed by atoms with Crippen LogP contribution in [-0.2, 0) is 4.74 Å². The van der Waals surface area contributed by atoms with Gasteiger partial charge in [-0.3, -0.25) is 0 Å². The zero-order chi connectivity index (χ0) is 7.68. The lowest BCUT2D eigenvalue weighted by molar-refractivity contribution is 0.212. The monoisotopic (exact) mass is 154 g/mol. The molecule has 0 amide bonds. The summed E-state index contributed by atoms with van der Waals surface area (Å²) in [6, 6.07) is 0.433. The SMILES string of the molecule is NCC1=NC(C2CCC2)CO1. The lowest BCUT2D eigenvalue weighted by Gasteiger charge is -2.27. The maximum Gasteiger partial charge on any atom is 0.197 e. The van der Waals surface area contributed by atoms with Crippen molar-refractivity contribution in [2.45, 2.75) is 25.3 Å². The lowest BCUT2D eigenvalue weighted by atomic mass is 9.80. The number of nitrogens with two attached hydrogens (primary N) is 1. The first-order valence-corrected chi connectivity index (χ1v) is 4.29. The average Bonchev–Trinajstić information content (AvgIpc) is 2.32. The van der Waals surface area contributed by atoms with Crippen molar-refractivity contribution >= 4 is 5.90 Å². The van der Waals surface area contributed by atoms with Crippen molar-refractivity contribution in [1.82, 2.24) is 0 Å². The van der Waals surface area contributed by atoms with E-state index in [4.69, 9.17) is 10.5 Å². The van der Waals surface area contributed by atoms with E-state index >= 15 is 0 Å². The van der Waals surface area contributed by atoms with Gasteiger partial charge in [0, 0.05) is 0 Å². The van der Waals surface area contributed by atoms with Crippen LogP contribution in [0.3, 0.4) is 0 Å². The molecule has 1 atom stereocenters. The Kier molecular flexibility index (Phi) is 1.82. The predicted octanol–water partition coefficient (Wildman–Crippen LogP) is 0.542. The van der Waals surface area contributed by atoms with Crippen LogP contribution in [0, 0.1) is 5.92 Å². The first-order valence-electron chi connectivity index (χ1n) is 4.29. The van der Waals surface area contributed by atoms with E-state index in [1.54, 1.807) is 0 Å². The summed E-state index contributed by atoms with van der Waals surface area (Å²) in [5.74, 6) is 1.54. The molecule has 0 spiro atoms. The first-order chi connectivity index (χ1) is 5.40. The molecule has 0 radical (unpaired) electrons. The van der Waals surface area contributed by atoms with Crippen molar-refractivity contribution in [3.63, 3.8) is 0 Å². The Morgan fingerprint density at radius 3 is 2.82 bits per heavy atom. The average molecular weight is 154 g/mol. The molecule has 1 fully saturated rings. The van der Waals surface area contributed by atoms with Crippen molar-refractivity contribution in [2.75, 3.05) is 13.2 Å². The van der Waals surface area contributed by atoms with Crippen LogP contribution in [0.1, 0.15) is 19.3 Å². The molecule has 3 heteroatoms. The molecule has 0 aromatic carbocycles. The maximum atomic E-state index is 5.40. The second-order valence-electron chi connectivity index (χ2n) is 3.30. The van der Waals surface area contributed by atoms with E-state index in [9.17, 15) is 0 Å². The Labute approximate surface area is 66.6 Å². The highest BCUT2D eigenvalue weighted by Gasteiger charge is 2.30. The minimum atomic E-state index is 0.433. The molecule has 1 aliphatic carbocycles. The van der Waals surface area contributed by atoms with Gasteiger partial charge in [-0.1, -0.05) is 6.42 Å². The van der Waals surface area contributed by atoms with Crippen molar-refractivity contribution in [3.8, 4) is 0 Å². The third-order valence-electron chi connectivity index (χ3n) is 2.60. The van der Waals surface area contributed by atoms with Crippen LogP contribution in [0.4, 0.5) is 0 Å². The number of hydrogen-bond donors (Lipinski definition) is 1. The van der Waals surface area contributed by atoms with Crippen molar-refractivity contribution in [2.24, 2.45) is 16.6 Å². The molecule has 0 saturated heterocycles. The zero-order valence-corrected chi connectivity index (χ0v) is 6.62. The molecular formula is C8H14N2O. The number of nitrogens with zero attached hydrogens (tertiary/aromatic N) is 1. The van der Waals surface area contributed by atoms with Gasteiger partial charge in [-0.15, -0.1) is 0 Å². The highest BCUT2D eigenvalue weighted by Crippen LogP contribution is 2.32. The highest BCUT2D eigenvalue weighted by molar-refractivity contribution is 5.79. The summed E-state index contributed by atoms with van der Waals surface area (Å²) < 4.78 is 5.30. The predicted molar refractivity (Wildman–Crippen MR) is 43.6 cm³/mol. The number of ether oxygens (including phenoxy) is 1. The molecule has 3 nitrogen and oxygen atoms in total. The van der Waals surface area contributed by atoms with Gasteiger partial charge in [-0.25, -0.2) is 4.99 Å². The quantitative estimate of drug-likeness (QED) is 0.631. The molecule has 0 bridgehead atoms. The molecule has 11 heavy (non-hydrogen) atoms. The third-order valence-corrected chi connectivity index (χ3v) is 2.60. The molecule has 1 aliphatic heterocycles. The Morgan fingerprint density at radius 2 is 2.36 bits per heavy atom. The van der Waals surface area contributed by atoms with Crippen LogP contribution in [0.15, 0.2) is 4.99 Å². The fourth-order valence-corrected chi connectivity index (χ4v) is 1.62. The normalized spacial score (nSPS) is 31.0. The smallest absolute Gasteiger partial charge is 0.197 e. The van der Waals surface area contributed by atoms with Crippen LogP contribution < -0.4 is 5.73 Å². The molecule has 2 N–H and O–H groups in total. The van der Waals surface area contributed by atoms with Gasteiger partial charge < -0.3 is 10.5 Å². The summed E-state index contributed by atoms with van der Waals surface area (Å²) in [4.78, 5) is 4.40. The van der Waals surface area contributed by atoms with Gasteiger partial charge in [0.05, 0.1) is 12.6 Å². The fourth-order valence-electron chi connectivity index (χ4n) is 1.62. The first kappa shape index (κ1) is 7.10. The molecule has 0 aromatic heterocycles. The highest BCUT2D eigenvalue weighted by atomic mass is 16.5. The number of aliphatic imine (C=N–C) groups is 1. The Hall–Kier alpha value is -0.570. The summed E-state index contributed by atoms with van der Waals surface area (Å²) in [6.07, 6.45) is 4.03. The van der Waals surface area contributed by atoms with Crippen LogP contribution >= 0.6 is 0 Å². The van der Waals surface area contributed by atoms with E-state index in [0.717, 1.165) is 18.4 Å². The van der Waals surface area contributed by atoms with Gasteiger partial charge in [-0.05, 0) is 18.8 Å². The number of rotatable bonds is 2. The van der Waals surface area contributed by atoms with Gasteiger partial charge in [0.2, 0.25) is 0 Å². The molecule has 2 rings (SSSR count). The van der Waals surface area contributed by atoms with Crippen molar-refractivity contribution in [3.05, 3.63) is 0 Å². The van der Waals surface area contributed by atoms with E-state index in [-0.39, 0.29) is 0 Å². The van der Waals surface area contributed by atoms with Gasteiger partial charge >= 0.3 is 0 Å². The van der Waals surface area contributed by atoms with Crippen LogP contribution in [0.5, 0.6) is 0 Å². The Bertz CT molecular complexity index is 175. The van der Waals surface area contributed by atoms with E-state index in [2.05, 4.69) is 4.99 Å². The fraction of sp³-hybridized carbons (Fsp3) is 0.875. The molecule has 1 saturated carbocycles. The van der Waals surface area contributed by atoms with Crippen LogP contribution in [0.2, 0.25) is 0 Å². The second kappa shape index (κ2) is 2.81. The second-order valence-corrected chi connectivity index (χ2v) is 3.30. The van der Waals surface area contributed by atoms with Crippen molar-refractivity contribution in [1.29, 1.82) is 0 Å². The lowest BCUT2D eigenvalue weighted by Crippen LogP contribution is -2.26. The summed E-state index contributed by atoms with van der Waals surface area (Å²) in [6.45, 7) is 1.24. The summed E-state index contributed by atoms with van der Waals surface area (Å²) in [5, 5.41) is 0. The minimum absolute atomic E-state index is 0.433. The van der Waals surface area contributed by atoms with Crippen molar-refractivity contribution < 1.29 is 4.74 Å².